The van der Waals surface area contributed by atoms with Crippen molar-refractivity contribution in [2.24, 2.45) is 5.92 Å². The molecule has 1 saturated heterocycles. The Balaban J connectivity index is 1.21. The van der Waals surface area contributed by atoms with Gasteiger partial charge in [-0.25, -0.2) is 4.79 Å². The largest absolute Gasteiger partial charge is 0.485 e. The minimum absolute atomic E-state index is 0.0202. The molecule has 0 saturated carbocycles. The number of ketones is 1. The van der Waals surface area contributed by atoms with Crippen LogP contribution >= 0.6 is 0 Å². The number of hydrogen-bond donors (Lipinski definition) is 0. The van der Waals surface area contributed by atoms with Crippen LogP contribution in [0, 0.1) is 5.92 Å². The molecular weight excluding hydrogens is 466 g/mol. The first-order valence-corrected chi connectivity index (χ1v) is 12.8. The van der Waals surface area contributed by atoms with Gasteiger partial charge in [-0.2, -0.15) is 0 Å². The van der Waals surface area contributed by atoms with Gasteiger partial charge in [0, 0.05) is 24.1 Å². The van der Waals surface area contributed by atoms with Crippen molar-refractivity contribution in [1.82, 2.24) is 4.90 Å². The van der Waals surface area contributed by atoms with E-state index in [0.29, 0.717) is 37.5 Å². The van der Waals surface area contributed by atoms with Gasteiger partial charge in [0.1, 0.15) is 13.2 Å². The highest BCUT2D eigenvalue weighted by Crippen LogP contribution is 2.62. The first-order valence-electron chi connectivity index (χ1n) is 12.8. The summed E-state index contributed by atoms with van der Waals surface area (Å²) in [6, 6.07) is 23.6. The van der Waals surface area contributed by atoms with Gasteiger partial charge in [0.05, 0.1) is 5.41 Å². The summed E-state index contributed by atoms with van der Waals surface area (Å²) in [6.45, 7) is 1.18. The van der Waals surface area contributed by atoms with E-state index in [9.17, 15) is 9.59 Å². The predicted molar refractivity (Wildman–Crippen MR) is 136 cm³/mol. The molecule has 0 unspecified atom stereocenters. The fourth-order valence-corrected chi connectivity index (χ4v) is 6.77. The fourth-order valence-electron chi connectivity index (χ4n) is 6.77. The third kappa shape index (κ3) is 3.39. The predicted octanol–water partition coefficient (Wildman–Crippen LogP) is 4.99. The number of likely N-dealkylation sites (tertiary alicyclic amines) is 1. The van der Waals surface area contributed by atoms with Crippen molar-refractivity contribution in [3.05, 3.63) is 107 Å². The molecule has 37 heavy (non-hydrogen) atoms. The lowest BCUT2D eigenvalue weighted by Gasteiger charge is -2.55. The van der Waals surface area contributed by atoms with Crippen molar-refractivity contribution >= 4 is 11.9 Å². The average molecular weight is 494 g/mol. The lowest BCUT2D eigenvalue weighted by molar-refractivity contribution is -0.127. The quantitative estimate of drug-likeness (QED) is 0.501. The van der Waals surface area contributed by atoms with Crippen LogP contribution in [0.2, 0.25) is 0 Å². The van der Waals surface area contributed by atoms with Gasteiger partial charge in [0.25, 0.3) is 0 Å². The van der Waals surface area contributed by atoms with E-state index in [-0.39, 0.29) is 30.4 Å². The van der Waals surface area contributed by atoms with Crippen LogP contribution < -0.4 is 9.47 Å². The Morgan fingerprint density at radius 2 is 1.70 bits per heavy atom. The van der Waals surface area contributed by atoms with Crippen LogP contribution in [-0.2, 0) is 34.6 Å². The molecule has 186 valence electrons. The monoisotopic (exact) mass is 493 g/mol. The second-order valence-corrected chi connectivity index (χ2v) is 10.3. The number of carbonyl (C=O) groups excluding carboxylic acids is 2. The molecule has 6 heteroatoms. The van der Waals surface area contributed by atoms with Crippen molar-refractivity contribution in [3.8, 4) is 11.5 Å². The van der Waals surface area contributed by atoms with Crippen molar-refractivity contribution in [2.75, 3.05) is 6.54 Å². The van der Waals surface area contributed by atoms with Crippen LogP contribution in [0.4, 0.5) is 4.79 Å². The molecular formula is C31H27NO5. The van der Waals surface area contributed by atoms with E-state index >= 15 is 0 Å². The number of carbonyl (C=O) groups is 2. The summed E-state index contributed by atoms with van der Waals surface area (Å²) in [5.74, 6) is 1.32. The van der Waals surface area contributed by atoms with Crippen LogP contribution in [0.1, 0.15) is 28.7 Å². The molecule has 1 amide bonds. The van der Waals surface area contributed by atoms with Crippen molar-refractivity contribution in [2.45, 2.75) is 43.6 Å². The molecule has 7 rings (SSSR count). The summed E-state index contributed by atoms with van der Waals surface area (Å²) in [7, 11) is 0. The molecule has 4 aliphatic rings. The molecule has 3 aromatic rings. The summed E-state index contributed by atoms with van der Waals surface area (Å²) in [5.41, 5.74) is 3.76. The summed E-state index contributed by atoms with van der Waals surface area (Å²) < 4.78 is 18.4. The molecule has 0 N–H and O–H groups in total. The van der Waals surface area contributed by atoms with E-state index in [0.717, 1.165) is 22.3 Å². The number of piperidine rings is 1. The van der Waals surface area contributed by atoms with Gasteiger partial charge in [-0.3, -0.25) is 4.79 Å². The maximum Gasteiger partial charge on any atom is 0.410 e. The van der Waals surface area contributed by atoms with E-state index in [4.69, 9.17) is 14.2 Å². The van der Waals surface area contributed by atoms with Gasteiger partial charge in [0.2, 0.25) is 0 Å². The maximum atomic E-state index is 13.2. The highest BCUT2D eigenvalue weighted by Gasteiger charge is 2.65. The van der Waals surface area contributed by atoms with E-state index in [1.165, 1.54) is 0 Å². The second-order valence-electron chi connectivity index (χ2n) is 10.3. The summed E-state index contributed by atoms with van der Waals surface area (Å²) >= 11 is 0. The fraction of sp³-hybridized carbons (Fsp3) is 0.290. The molecule has 2 aliphatic carbocycles. The van der Waals surface area contributed by atoms with Crippen LogP contribution in [0.3, 0.4) is 0 Å². The van der Waals surface area contributed by atoms with E-state index < -0.39 is 11.5 Å². The van der Waals surface area contributed by atoms with Crippen LogP contribution in [0.15, 0.2) is 84.9 Å². The Labute approximate surface area is 215 Å². The molecule has 3 aromatic carbocycles. The number of nitrogens with zero attached hydrogens (tertiary/aromatic N) is 1. The van der Waals surface area contributed by atoms with Gasteiger partial charge in [-0.05, 0) is 41.7 Å². The molecule has 2 bridgehead atoms. The number of amides is 1. The van der Waals surface area contributed by atoms with Crippen LogP contribution in [0.5, 0.6) is 11.5 Å². The standard InChI is InChI=1S/C31H27NO5/c33-25-13-12-23-24-17-22-11-14-26(35-18-20-7-3-1-4-8-20)28-27(22)31(23,29(25)37-28)15-16-32(24)30(34)36-19-21-9-5-2-6-10-21/h1-14,23-24,29H,15-19H2/t23-,24+,29-,31-/m0/s1. The summed E-state index contributed by atoms with van der Waals surface area (Å²) in [5, 5.41) is 0. The Morgan fingerprint density at radius 1 is 0.973 bits per heavy atom. The molecule has 1 fully saturated rings. The highest BCUT2D eigenvalue weighted by molar-refractivity contribution is 5.98. The van der Waals surface area contributed by atoms with E-state index in [1.807, 2.05) is 77.7 Å². The molecule has 1 spiro atoms. The molecule has 0 aromatic heterocycles. The van der Waals surface area contributed by atoms with Gasteiger partial charge < -0.3 is 19.1 Å². The average Bonchev–Trinajstić information content (AvgIpc) is 3.29. The molecule has 4 atom stereocenters. The second kappa shape index (κ2) is 8.51. The third-order valence-electron chi connectivity index (χ3n) is 8.39. The number of rotatable bonds is 5. The molecule has 2 aliphatic heterocycles. The van der Waals surface area contributed by atoms with Gasteiger partial charge >= 0.3 is 6.09 Å². The Kier molecular flexibility index (Phi) is 5.10. The molecule has 2 heterocycles. The van der Waals surface area contributed by atoms with Gasteiger partial charge in [0.15, 0.2) is 23.4 Å². The van der Waals surface area contributed by atoms with Crippen LogP contribution in [0.25, 0.3) is 0 Å². The lowest BCUT2D eigenvalue weighted by atomic mass is 9.53. The first-order chi connectivity index (χ1) is 18.1. The number of ether oxygens (including phenoxy) is 3. The SMILES string of the molecule is O=C1C=C[C@H]2[C@H]3Cc4ccc(OCc5ccccc5)c5c4[C@@]2(CCN3C(=O)OCc2ccccc2)[C@H]1O5. The smallest absolute Gasteiger partial charge is 0.410 e. The van der Waals surface area contributed by atoms with Crippen molar-refractivity contribution in [1.29, 1.82) is 0 Å². The third-order valence-corrected chi connectivity index (χ3v) is 8.39. The van der Waals surface area contributed by atoms with Gasteiger partial charge in [-0.1, -0.05) is 72.8 Å². The molecule has 0 radical (unpaired) electrons. The zero-order chi connectivity index (χ0) is 25.0. The Hall–Kier alpha value is -4.06. The number of benzene rings is 3. The first kappa shape index (κ1) is 22.2. The number of hydrogen-bond acceptors (Lipinski definition) is 5. The summed E-state index contributed by atoms with van der Waals surface area (Å²) in [6.07, 6.45) is 4.05. The lowest BCUT2D eigenvalue weighted by Crippen LogP contribution is -2.65. The molecule has 6 nitrogen and oxygen atoms in total. The highest BCUT2D eigenvalue weighted by atomic mass is 16.6. The van der Waals surface area contributed by atoms with E-state index in [1.54, 1.807) is 6.08 Å². The van der Waals surface area contributed by atoms with Crippen molar-refractivity contribution in [3.63, 3.8) is 0 Å². The van der Waals surface area contributed by atoms with E-state index in [2.05, 4.69) is 6.07 Å². The Bertz CT molecular complexity index is 1400. The summed E-state index contributed by atoms with van der Waals surface area (Å²) in [4.78, 5) is 28.2. The minimum Gasteiger partial charge on any atom is -0.485 e. The van der Waals surface area contributed by atoms with Crippen LogP contribution in [-0.4, -0.2) is 35.5 Å². The normalized spacial score (nSPS) is 26.3. The van der Waals surface area contributed by atoms with Crippen molar-refractivity contribution < 1.29 is 23.8 Å². The topological polar surface area (TPSA) is 65.1 Å². The minimum atomic E-state index is -0.594. The zero-order valence-electron chi connectivity index (χ0n) is 20.3. The zero-order valence-corrected chi connectivity index (χ0v) is 20.3. The maximum absolute atomic E-state index is 13.2. The Morgan fingerprint density at radius 3 is 2.46 bits per heavy atom. The van der Waals surface area contributed by atoms with Gasteiger partial charge in [-0.15, -0.1) is 0 Å².